The van der Waals surface area contributed by atoms with E-state index in [0.29, 0.717) is 6.54 Å². The van der Waals surface area contributed by atoms with Crippen LogP contribution >= 0.6 is 0 Å². The molecular formula is C22H20N4. The highest BCUT2D eigenvalue weighted by atomic mass is 14.9. The molecule has 0 amide bonds. The second-order valence-corrected chi connectivity index (χ2v) is 6.21. The Kier molecular flexibility index (Phi) is 4.58. The molecule has 4 aromatic rings. The molecule has 1 heterocycles. The monoisotopic (exact) mass is 340 g/mol. The van der Waals surface area contributed by atoms with E-state index in [9.17, 15) is 0 Å². The van der Waals surface area contributed by atoms with E-state index in [4.69, 9.17) is 5.73 Å². The Labute approximate surface area is 152 Å². The van der Waals surface area contributed by atoms with Gasteiger partial charge in [-0.3, -0.25) is 9.97 Å². The van der Waals surface area contributed by atoms with Crippen molar-refractivity contribution in [1.82, 2.24) is 9.97 Å². The minimum atomic E-state index is 0.406. The lowest BCUT2D eigenvalue weighted by Crippen LogP contribution is -2.01. The molecule has 0 saturated heterocycles. The molecule has 26 heavy (non-hydrogen) atoms. The van der Waals surface area contributed by atoms with Crippen molar-refractivity contribution in [3.8, 4) is 11.3 Å². The van der Waals surface area contributed by atoms with Gasteiger partial charge in [0.1, 0.15) is 0 Å². The van der Waals surface area contributed by atoms with Gasteiger partial charge in [-0.15, -0.1) is 0 Å². The van der Waals surface area contributed by atoms with Gasteiger partial charge in [0.2, 0.25) is 0 Å². The number of rotatable bonds is 5. The number of hydrogen-bond acceptors (Lipinski definition) is 4. The lowest BCUT2D eigenvalue weighted by Gasteiger charge is -2.09. The summed E-state index contributed by atoms with van der Waals surface area (Å²) in [5.74, 6) is 0. The van der Waals surface area contributed by atoms with Crippen molar-refractivity contribution in [3.63, 3.8) is 0 Å². The molecule has 0 unspecified atom stereocenters. The summed E-state index contributed by atoms with van der Waals surface area (Å²) in [6.07, 6.45) is 3.51. The van der Waals surface area contributed by atoms with Crippen molar-refractivity contribution in [3.05, 3.63) is 90.4 Å². The lowest BCUT2D eigenvalue weighted by atomic mass is 10.1. The van der Waals surface area contributed by atoms with E-state index in [1.807, 2.05) is 12.1 Å². The van der Waals surface area contributed by atoms with Crippen LogP contribution in [0, 0.1) is 0 Å². The van der Waals surface area contributed by atoms with Crippen LogP contribution in [-0.2, 0) is 13.1 Å². The molecule has 0 aliphatic carbocycles. The van der Waals surface area contributed by atoms with E-state index in [2.05, 4.69) is 69.9 Å². The van der Waals surface area contributed by atoms with Crippen LogP contribution in [0.3, 0.4) is 0 Å². The average Bonchev–Trinajstić information content (AvgIpc) is 2.72. The zero-order chi connectivity index (χ0) is 17.8. The average molecular weight is 340 g/mol. The summed E-state index contributed by atoms with van der Waals surface area (Å²) in [6.45, 7) is 1.16. The van der Waals surface area contributed by atoms with Crippen LogP contribution in [0.25, 0.3) is 22.0 Å². The number of nitrogens with two attached hydrogens (primary N) is 1. The molecule has 0 bridgehead atoms. The van der Waals surface area contributed by atoms with Gasteiger partial charge in [0.25, 0.3) is 0 Å². The summed E-state index contributed by atoms with van der Waals surface area (Å²) in [4.78, 5) is 8.77. The van der Waals surface area contributed by atoms with Gasteiger partial charge in [0.05, 0.1) is 23.8 Å². The lowest BCUT2D eigenvalue weighted by molar-refractivity contribution is 0.965. The molecule has 4 heteroatoms. The van der Waals surface area contributed by atoms with Crippen LogP contribution < -0.4 is 11.1 Å². The van der Waals surface area contributed by atoms with Crippen LogP contribution in [0.4, 0.5) is 5.69 Å². The smallest absolute Gasteiger partial charge is 0.0885 e. The molecule has 3 N–H and O–H groups in total. The number of fused-ring (bicyclic) bond motifs is 1. The number of nitrogens with zero attached hydrogens (tertiary/aromatic N) is 2. The first-order chi connectivity index (χ1) is 12.8. The fourth-order valence-corrected chi connectivity index (χ4v) is 2.95. The normalized spacial score (nSPS) is 10.8. The molecule has 0 atom stereocenters. The quantitative estimate of drug-likeness (QED) is 0.566. The highest BCUT2D eigenvalue weighted by molar-refractivity contribution is 5.85. The number of benzene rings is 3. The number of nitrogens with one attached hydrogen (secondary N) is 1. The molecule has 0 aliphatic rings. The van der Waals surface area contributed by atoms with E-state index in [1.54, 1.807) is 12.4 Å². The minimum absolute atomic E-state index is 0.406. The summed E-state index contributed by atoms with van der Waals surface area (Å²) in [6, 6.07) is 23.2. The van der Waals surface area contributed by atoms with E-state index >= 15 is 0 Å². The molecule has 0 spiro atoms. The van der Waals surface area contributed by atoms with Gasteiger partial charge in [-0.1, -0.05) is 48.5 Å². The van der Waals surface area contributed by atoms with Gasteiger partial charge in [0.15, 0.2) is 0 Å². The predicted octanol–water partition coefficient (Wildman–Crippen LogP) is 4.37. The summed E-state index contributed by atoms with van der Waals surface area (Å²) >= 11 is 0. The molecule has 4 nitrogen and oxygen atoms in total. The van der Waals surface area contributed by atoms with Crippen molar-refractivity contribution in [2.75, 3.05) is 5.32 Å². The molecule has 0 aliphatic heterocycles. The summed E-state index contributed by atoms with van der Waals surface area (Å²) in [5.41, 5.74) is 10.6. The zero-order valence-electron chi connectivity index (χ0n) is 14.4. The number of hydrogen-bond donors (Lipinski definition) is 2. The maximum absolute atomic E-state index is 5.58. The third-order valence-electron chi connectivity index (χ3n) is 4.38. The van der Waals surface area contributed by atoms with E-state index < -0.39 is 0 Å². The van der Waals surface area contributed by atoms with Crippen molar-refractivity contribution in [1.29, 1.82) is 0 Å². The van der Waals surface area contributed by atoms with Crippen LogP contribution in [-0.4, -0.2) is 9.97 Å². The van der Waals surface area contributed by atoms with Gasteiger partial charge >= 0.3 is 0 Å². The largest absolute Gasteiger partial charge is 0.381 e. The van der Waals surface area contributed by atoms with Gasteiger partial charge in [-0.2, -0.15) is 0 Å². The Balaban J connectivity index is 1.50. The van der Waals surface area contributed by atoms with Crippen molar-refractivity contribution < 1.29 is 0 Å². The van der Waals surface area contributed by atoms with Gasteiger partial charge in [-0.25, -0.2) is 0 Å². The van der Waals surface area contributed by atoms with Crippen molar-refractivity contribution >= 4 is 16.5 Å². The summed E-state index contributed by atoms with van der Waals surface area (Å²) in [7, 11) is 0. The van der Waals surface area contributed by atoms with Crippen LogP contribution in [0.15, 0.2) is 79.1 Å². The third kappa shape index (κ3) is 3.55. The minimum Gasteiger partial charge on any atom is -0.381 e. The molecule has 4 rings (SSSR count). The molecule has 0 saturated carbocycles. The van der Waals surface area contributed by atoms with Gasteiger partial charge in [-0.05, 0) is 34.5 Å². The molecule has 0 radical (unpaired) electrons. The first-order valence-corrected chi connectivity index (χ1v) is 8.65. The Morgan fingerprint density at radius 3 is 2.50 bits per heavy atom. The third-order valence-corrected chi connectivity index (χ3v) is 4.38. The standard InChI is InChI=1S/C22H20N4/c23-12-21-14-26-22(15-25-21)19-7-3-4-16(10-19)13-24-20-9-8-17-5-1-2-6-18(17)11-20/h1-11,14-15,24H,12-13,23H2. The zero-order valence-corrected chi connectivity index (χ0v) is 14.4. The Bertz CT molecular complexity index is 1030. The van der Waals surface area contributed by atoms with Crippen LogP contribution in [0.1, 0.15) is 11.3 Å². The van der Waals surface area contributed by atoms with Crippen molar-refractivity contribution in [2.45, 2.75) is 13.1 Å². The molecular weight excluding hydrogens is 320 g/mol. The molecule has 128 valence electrons. The van der Waals surface area contributed by atoms with E-state index in [0.717, 1.165) is 29.2 Å². The Morgan fingerprint density at radius 2 is 1.69 bits per heavy atom. The summed E-state index contributed by atoms with van der Waals surface area (Å²) in [5, 5.41) is 5.98. The molecule has 3 aromatic carbocycles. The fraction of sp³-hybridized carbons (Fsp3) is 0.0909. The second-order valence-electron chi connectivity index (χ2n) is 6.21. The Hall–Kier alpha value is -3.24. The first kappa shape index (κ1) is 16.2. The maximum Gasteiger partial charge on any atom is 0.0885 e. The van der Waals surface area contributed by atoms with Crippen molar-refractivity contribution in [2.24, 2.45) is 5.73 Å². The highest BCUT2D eigenvalue weighted by Gasteiger charge is 2.03. The summed E-state index contributed by atoms with van der Waals surface area (Å²) < 4.78 is 0. The molecule has 1 aromatic heterocycles. The van der Waals surface area contributed by atoms with E-state index in [-0.39, 0.29) is 0 Å². The van der Waals surface area contributed by atoms with Gasteiger partial charge < -0.3 is 11.1 Å². The maximum atomic E-state index is 5.58. The topological polar surface area (TPSA) is 63.8 Å². The predicted molar refractivity (Wildman–Crippen MR) is 107 cm³/mol. The van der Waals surface area contributed by atoms with Crippen LogP contribution in [0.5, 0.6) is 0 Å². The Morgan fingerprint density at radius 1 is 0.808 bits per heavy atom. The number of aromatic nitrogens is 2. The number of anilines is 1. The molecule has 0 fully saturated rings. The fourth-order valence-electron chi connectivity index (χ4n) is 2.95. The second kappa shape index (κ2) is 7.33. The van der Waals surface area contributed by atoms with Gasteiger partial charge in [0, 0.05) is 24.3 Å². The van der Waals surface area contributed by atoms with E-state index in [1.165, 1.54) is 16.3 Å². The first-order valence-electron chi connectivity index (χ1n) is 8.65. The highest BCUT2D eigenvalue weighted by Crippen LogP contribution is 2.21. The SMILES string of the molecule is NCc1cnc(-c2cccc(CNc3ccc4ccccc4c3)c2)cn1. The van der Waals surface area contributed by atoms with Crippen LogP contribution in [0.2, 0.25) is 0 Å².